The number of nitrogens with one attached hydrogen (secondary N) is 2. The maximum Gasteiger partial charge on any atom is 0.232 e. The van der Waals surface area contributed by atoms with Gasteiger partial charge in [0.15, 0.2) is 0 Å². The van der Waals surface area contributed by atoms with Gasteiger partial charge in [-0.1, -0.05) is 84.9 Å². The molecule has 0 bridgehead atoms. The van der Waals surface area contributed by atoms with Crippen LogP contribution in [0.3, 0.4) is 0 Å². The Hall–Kier alpha value is -2.91. The van der Waals surface area contributed by atoms with E-state index < -0.39 is 0 Å². The van der Waals surface area contributed by atoms with E-state index in [1.165, 1.54) is 10.5 Å². The van der Waals surface area contributed by atoms with Gasteiger partial charge >= 0.3 is 0 Å². The second-order valence-electron chi connectivity index (χ2n) is 7.17. The Morgan fingerprint density at radius 2 is 1.26 bits per heavy atom. The molecule has 0 heterocycles. The molecule has 0 saturated heterocycles. The van der Waals surface area contributed by atoms with E-state index in [-0.39, 0.29) is 11.8 Å². The van der Waals surface area contributed by atoms with Crippen LogP contribution >= 0.6 is 0 Å². The van der Waals surface area contributed by atoms with Crippen molar-refractivity contribution in [3.8, 4) is 0 Å². The van der Waals surface area contributed by atoms with Gasteiger partial charge < -0.3 is 10.2 Å². The molecular formula is C24H27N2O+. The van der Waals surface area contributed by atoms with Gasteiger partial charge in [0, 0.05) is 12.1 Å². The topological polar surface area (TPSA) is 33.5 Å². The van der Waals surface area contributed by atoms with Crippen LogP contribution in [0.5, 0.6) is 0 Å². The van der Waals surface area contributed by atoms with Crippen LogP contribution in [0.15, 0.2) is 84.9 Å². The van der Waals surface area contributed by atoms with Crippen LogP contribution in [0.25, 0.3) is 0 Å². The normalized spacial score (nSPS) is 11.0. The Labute approximate surface area is 161 Å². The Bertz CT molecular complexity index is 803. The maximum atomic E-state index is 13.0. The summed E-state index contributed by atoms with van der Waals surface area (Å²) in [7, 11) is 4.28. The highest BCUT2D eigenvalue weighted by Crippen LogP contribution is 2.24. The van der Waals surface area contributed by atoms with E-state index in [2.05, 4.69) is 43.7 Å². The van der Waals surface area contributed by atoms with E-state index in [1.54, 1.807) is 0 Å². The molecule has 1 amide bonds. The minimum absolute atomic E-state index is 0.0224. The molecule has 0 aliphatic heterocycles. The van der Waals surface area contributed by atoms with Crippen molar-refractivity contribution < 1.29 is 9.69 Å². The number of quaternary nitrogens is 1. The third-order valence-corrected chi connectivity index (χ3v) is 4.58. The second-order valence-corrected chi connectivity index (χ2v) is 7.17. The van der Waals surface area contributed by atoms with Gasteiger partial charge in [-0.05, 0) is 16.7 Å². The van der Waals surface area contributed by atoms with E-state index in [0.717, 1.165) is 23.2 Å². The van der Waals surface area contributed by atoms with E-state index in [0.29, 0.717) is 6.54 Å². The van der Waals surface area contributed by atoms with Gasteiger partial charge in [0.25, 0.3) is 0 Å². The smallest absolute Gasteiger partial charge is 0.232 e. The SMILES string of the molecule is C[NH+](C)Cc1ccc(CNC(=O)C(c2ccccc2)c2ccccc2)cc1. The minimum Gasteiger partial charge on any atom is -0.351 e. The largest absolute Gasteiger partial charge is 0.351 e. The first-order chi connectivity index (χ1) is 13.1. The summed E-state index contributed by atoms with van der Waals surface area (Å²) >= 11 is 0. The molecule has 0 atom stereocenters. The van der Waals surface area contributed by atoms with Crippen molar-refractivity contribution in [2.75, 3.05) is 14.1 Å². The molecule has 27 heavy (non-hydrogen) atoms. The number of carbonyl (C=O) groups excluding carboxylic acids is 1. The first-order valence-electron chi connectivity index (χ1n) is 9.38. The van der Waals surface area contributed by atoms with Crippen LogP contribution in [-0.2, 0) is 17.9 Å². The van der Waals surface area contributed by atoms with Crippen molar-refractivity contribution in [3.63, 3.8) is 0 Å². The quantitative estimate of drug-likeness (QED) is 0.668. The summed E-state index contributed by atoms with van der Waals surface area (Å²) in [6.45, 7) is 1.53. The van der Waals surface area contributed by atoms with Crippen molar-refractivity contribution in [2.24, 2.45) is 0 Å². The molecular weight excluding hydrogens is 332 g/mol. The molecule has 0 fully saturated rings. The fraction of sp³-hybridized carbons (Fsp3) is 0.208. The fourth-order valence-corrected chi connectivity index (χ4v) is 3.26. The predicted molar refractivity (Wildman–Crippen MR) is 110 cm³/mol. The van der Waals surface area contributed by atoms with Gasteiger partial charge in [-0.15, -0.1) is 0 Å². The average Bonchev–Trinajstić information content (AvgIpc) is 2.69. The van der Waals surface area contributed by atoms with E-state index in [1.807, 2.05) is 60.7 Å². The first kappa shape index (κ1) is 18.9. The van der Waals surface area contributed by atoms with Gasteiger partial charge in [0.05, 0.1) is 20.0 Å². The number of benzene rings is 3. The lowest BCUT2D eigenvalue weighted by Gasteiger charge is -2.18. The maximum absolute atomic E-state index is 13.0. The van der Waals surface area contributed by atoms with Crippen LogP contribution in [-0.4, -0.2) is 20.0 Å². The number of rotatable bonds is 7. The average molecular weight is 359 g/mol. The van der Waals surface area contributed by atoms with Gasteiger partial charge in [0.2, 0.25) is 5.91 Å². The molecule has 3 aromatic rings. The lowest BCUT2D eigenvalue weighted by molar-refractivity contribution is -0.872. The molecule has 138 valence electrons. The molecule has 0 aliphatic rings. The highest BCUT2D eigenvalue weighted by molar-refractivity contribution is 5.87. The summed E-state index contributed by atoms with van der Waals surface area (Å²) < 4.78 is 0. The lowest BCUT2D eigenvalue weighted by atomic mass is 9.90. The molecule has 0 spiro atoms. The van der Waals surface area contributed by atoms with Crippen molar-refractivity contribution in [3.05, 3.63) is 107 Å². The zero-order valence-electron chi connectivity index (χ0n) is 16.0. The molecule has 3 heteroatoms. The van der Waals surface area contributed by atoms with Gasteiger partial charge in [0.1, 0.15) is 6.54 Å². The Morgan fingerprint density at radius 1 is 0.778 bits per heavy atom. The monoisotopic (exact) mass is 359 g/mol. The fourth-order valence-electron chi connectivity index (χ4n) is 3.26. The molecule has 0 radical (unpaired) electrons. The van der Waals surface area contributed by atoms with E-state index in [4.69, 9.17) is 0 Å². The molecule has 3 aromatic carbocycles. The molecule has 3 rings (SSSR count). The molecule has 0 saturated carbocycles. The van der Waals surface area contributed by atoms with Gasteiger partial charge in [-0.25, -0.2) is 0 Å². The summed E-state index contributed by atoms with van der Waals surface area (Å²) in [5.41, 5.74) is 4.42. The van der Waals surface area contributed by atoms with Crippen LogP contribution in [0.2, 0.25) is 0 Å². The van der Waals surface area contributed by atoms with Gasteiger partial charge in [-0.2, -0.15) is 0 Å². The van der Waals surface area contributed by atoms with E-state index >= 15 is 0 Å². The predicted octanol–water partition coefficient (Wildman–Crippen LogP) is 2.78. The molecule has 2 N–H and O–H groups in total. The van der Waals surface area contributed by atoms with E-state index in [9.17, 15) is 4.79 Å². The summed E-state index contributed by atoms with van der Waals surface area (Å²) in [4.78, 5) is 14.4. The van der Waals surface area contributed by atoms with Crippen LogP contribution in [0.1, 0.15) is 28.2 Å². The highest BCUT2D eigenvalue weighted by Gasteiger charge is 2.22. The van der Waals surface area contributed by atoms with Gasteiger partial charge in [-0.3, -0.25) is 4.79 Å². The van der Waals surface area contributed by atoms with Crippen LogP contribution in [0, 0.1) is 0 Å². The zero-order valence-corrected chi connectivity index (χ0v) is 16.0. The first-order valence-corrected chi connectivity index (χ1v) is 9.38. The number of amides is 1. The van der Waals surface area contributed by atoms with Crippen molar-refractivity contribution in [2.45, 2.75) is 19.0 Å². The zero-order chi connectivity index (χ0) is 19.1. The van der Waals surface area contributed by atoms with Crippen molar-refractivity contribution >= 4 is 5.91 Å². The molecule has 0 unspecified atom stereocenters. The Morgan fingerprint density at radius 3 is 1.74 bits per heavy atom. The van der Waals surface area contributed by atoms with Crippen molar-refractivity contribution in [1.82, 2.24) is 5.32 Å². The number of carbonyl (C=O) groups is 1. The summed E-state index contributed by atoms with van der Waals surface area (Å²) in [5, 5.41) is 3.11. The van der Waals surface area contributed by atoms with Crippen LogP contribution in [0.4, 0.5) is 0 Å². The summed E-state index contributed by atoms with van der Waals surface area (Å²) in [6, 6.07) is 28.4. The minimum atomic E-state index is -0.302. The second kappa shape index (κ2) is 9.15. The molecule has 0 aliphatic carbocycles. The van der Waals surface area contributed by atoms with Crippen molar-refractivity contribution in [1.29, 1.82) is 0 Å². The summed E-state index contributed by atoms with van der Waals surface area (Å²) in [6.07, 6.45) is 0. The van der Waals surface area contributed by atoms with Crippen LogP contribution < -0.4 is 10.2 Å². The Kier molecular flexibility index (Phi) is 6.39. The lowest BCUT2D eigenvalue weighted by Crippen LogP contribution is -3.04. The third-order valence-electron chi connectivity index (χ3n) is 4.58. The Balaban J connectivity index is 1.72. The number of hydrogen-bond donors (Lipinski definition) is 2. The molecule has 3 nitrogen and oxygen atoms in total. The molecule has 0 aromatic heterocycles. The standard InChI is InChI=1S/C24H26N2O/c1-26(2)18-20-15-13-19(14-16-20)17-25-24(27)23(21-9-5-3-6-10-21)22-11-7-4-8-12-22/h3-16,23H,17-18H2,1-2H3,(H,25,27)/p+1. The summed E-state index contributed by atoms with van der Waals surface area (Å²) in [5.74, 6) is -0.279. The third kappa shape index (κ3) is 5.28. The number of hydrogen-bond acceptors (Lipinski definition) is 1. The highest BCUT2D eigenvalue weighted by atomic mass is 16.1.